The van der Waals surface area contributed by atoms with Crippen LogP contribution in [-0.2, 0) is 16.1 Å². The zero-order chi connectivity index (χ0) is 18.5. The molecule has 0 saturated heterocycles. The molecule has 0 N–H and O–H groups in total. The first-order valence-corrected chi connectivity index (χ1v) is 9.97. The van der Waals surface area contributed by atoms with Crippen LogP contribution in [-0.4, -0.2) is 16.7 Å². The van der Waals surface area contributed by atoms with Crippen LogP contribution in [0.4, 0.5) is 0 Å². The van der Waals surface area contributed by atoms with Crippen molar-refractivity contribution in [3.05, 3.63) is 62.8 Å². The van der Waals surface area contributed by atoms with E-state index in [0.29, 0.717) is 4.88 Å². The second-order valence-corrected chi connectivity index (χ2v) is 8.15. The molecule has 0 fully saturated rings. The number of carbonyl (C=O) groups excluding carboxylic acids is 2. The van der Waals surface area contributed by atoms with Crippen molar-refractivity contribution in [3.8, 4) is 10.6 Å². The summed E-state index contributed by atoms with van der Waals surface area (Å²) in [5, 5.41) is 2.79. The number of nitrogens with zero attached hydrogens (tertiary/aromatic N) is 1. The van der Waals surface area contributed by atoms with Crippen LogP contribution in [0.15, 0.2) is 41.8 Å². The van der Waals surface area contributed by atoms with Crippen LogP contribution >= 0.6 is 22.7 Å². The van der Waals surface area contributed by atoms with Crippen molar-refractivity contribution in [3.63, 3.8) is 0 Å². The molecule has 6 heteroatoms. The SMILES string of the molecule is Cc1ccc(-c2nc(COC(=O)CCC(=O)c3ccc(C)s3)cs2)cc1. The molecule has 134 valence electrons. The summed E-state index contributed by atoms with van der Waals surface area (Å²) in [5.41, 5.74) is 2.97. The van der Waals surface area contributed by atoms with Gasteiger partial charge in [0.2, 0.25) is 0 Å². The van der Waals surface area contributed by atoms with Crippen molar-refractivity contribution >= 4 is 34.4 Å². The predicted octanol–water partition coefficient (Wildman–Crippen LogP) is 5.19. The lowest BCUT2D eigenvalue weighted by molar-refractivity contribution is -0.145. The highest BCUT2D eigenvalue weighted by atomic mass is 32.1. The van der Waals surface area contributed by atoms with Crippen molar-refractivity contribution < 1.29 is 14.3 Å². The zero-order valence-electron chi connectivity index (χ0n) is 14.7. The van der Waals surface area contributed by atoms with E-state index >= 15 is 0 Å². The third kappa shape index (κ3) is 4.86. The Morgan fingerprint density at radius 3 is 2.50 bits per heavy atom. The van der Waals surface area contributed by atoms with Crippen molar-refractivity contribution in [2.45, 2.75) is 33.3 Å². The van der Waals surface area contributed by atoms with E-state index in [4.69, 9.17) is 4.74 Å². The molecular formula is C20H19NO3S2. The smallest absolute Gasteiger partial charge is 0.306 e. The molecule has 1 aromatic carbocycles. The number of hydrogen-bond donors (Lipinski definition) is 0. The number of rotatable bonds is 7. The van der Waals surface area contributed by atoms with E-state index in [0.717, 1.165) is 21.1 Å². The first-order chi connectivity index (χ1) is 12.5. The highest BCUT2D eigenvalue weighted by Crippen LogP contribution is 2.24. The number of Topliss-reactive ketones (excluding diaryl/α,β-unsaturated/α-hetero) is 1. The number of ketones is 1. The fourth-order valence-corrected chi connectivity index (χ4v) is 4.00. The summed E-state index contributed by atoms with van der Waals surface area (Å²) in [5.74, 6) is -0.396. The van der Waals surface area contributed by atoms with Crippen LogP contribution in [0.5, 0.6) is 0 Å². The van der Waals surface area contributed by atoms with Gasteiger partial charge in [0, 0.05) is 22.2 Å². The monoisotopic (exact) mass is 385 g/mol. The van der Waals surface area contributed by atoms with Gasteiger partial charge in [0.25, 0.3) is 0 Å². The number of aromatic nitrogens is 1. The Bertz CT molecular complexity index is 909. The minimum atomic E-state index is -0.378. The third-order valence-corrected chi connectivity index (χ3v) is 5.78. The molecule has 0 unspecified atom stereocenters. The zero-order valence-corrected chi connectivity index (χ0v) is 16.3. The van der Waals surface area contributed by atoms with Crippen LogP contribution in [0.25, 0.3) is 10.6 Å². The Labute approximate surface area is 160 Å². The Kier molecular flexibility index (Phi) is 5.96. The molecule has 2 aromatic heterocycles. The summed E-state index contributed by atoms with van der Waals surface area (Å²) in [7, 11) is 0. The summed E-state index contributed by atoms with van der Waals surface area (Å²) in [6.45, 7) is 4.13. The third-order valence-electron chi connectivity index (χ3n) is 3.80. The first kappa shape index (κ1) is 18.5. The van der Waals surface area contributed by atoms with Crippen molar-refractivity contribution in [1.29, 1.82) is 0 Å². The Morgan fingerprint density at radius 2 is 1.81 bits per heavy atom. The quantitative estimate of drug-likeness (QED) is 0.415. The summed E-state index contributed by atoms with van der Waals surface area (Å²) in [6.07, 6.45) is 0.259. The normalized spacial score (nSPS) is 10.7. The van der Waals surface area contributed by atoms with Crippen LogP contribution in [0, 0.1) is 13.8 Å². The number of aryl methyl sites for hydroxylation is 2. The average molecular weight is 386 g/mol. The maximum atomic E-state index is 12.0. The molecule has 0 aliphatic carbocycles. The number of carbonyl (C=O) groups is 2. The van der Waals surface area contributed by atoms with Gasteiger partial charge < -0.3 is 4.74 Å². The van der Waals surface area contributed by atoms with Gasteiger partial charge in [-0.2, -0.15) is 0 Å². The predicted molar refractivity (Wildman–Crippen MR) is 105 cm³/mol. The second-order valence-electron chi connectivity index (χ2n) is 6.00. The van der Waals surface area contributed by atoms with E-state index in [1.807, 2.05) is 49.6 Å². The average Bonchev–Trinajstić information content (AvgIpc) is 3.27. The van der Waals surface area contributed by atoms with E-state index in [1.54, 1.807) is 6.07 Å². The van der Waals surface area contributed by atoms with Crippen molar-refractivity contribution in [2.75, 3.05) is 0 Å². The first-order valence-electron chi connectivity index (χ1n) is 8.28. The lowest BCUT2D eigenvalue weighted by Gasteiger charge is -2.02. The Balaban J connectivity index is 1.47. The van der Waals surface area contributed by atoms with Crippen LogP contribution < -0.4 is 0 Å². The van der Waals surface area contributed by atoms with Gasteiger partial charge in [-0.3, -0.25) is 9.59 Å². The molecule has 0 saturated carbocycles. The molecule has 26 heavy (non-hydrogen) atoms. The van der Waals surface area contributed by atoms with Gasteiger partial charge in [-0.1, -0.05) is 29.8 Å². The topological polar surface area (TPSA) is 56.3 Å². The molecule has 2 heterocycles. The van der Waals surface area contributed by atoms with E-state index < -0.39 is 0 Å². The summed E-state index contributed by atoms with van der Waals surface area (Å²) >= 11 is 2.97. The van der Waals surface area contributed by atoms with Crippen LogP contribution in [0.1, 0.15) is 38.6 Å². The van der Waals surface area contributed by atoms with Gasteiger partial charge in [0.15, 0.2) is 5.78 Å². The molecule has 4 nitrogen and oxygen atoms in total. The van der Waals surface area contributed by atoms with Gasteiger partial charge in [-0.15, -0.1) is 22.7 Å². The van der Waals surface area contributed by atoms with Gasteiger partial charge in [0.1, 0.15) is 11.6 Å². The van der Waals surface area contributed by atoms with E-state index in [1.165, 1.54) is 28.2 Å². The number of ether oxygens (including phenoxy) is 1. The van der Waals surface area contributed by atoms with Gasteiger partial charge in [0.05, 0.1) is 17.0 Å². The minimum absolute atomic E-state index is 0.0182. The number of thiazole rings is 1. The van der Waals surface area contributed by atoms with E-state index in [9.17, 15) is 9.59 Å². The molecule has 0 bridgehead atoms. The lowest BCUT2D eigenvalue weighted by Crippen LogP contribution is -2.07. The summed E-state index contributed by atoms with van der Waals surface area (Å²) in [6, 6.07) is 11.9. The van der Waals surface area contributed by atoms with Crippen molar-refractivity contribution in [1.82, 2.24) is 4.98 Å². The Morgan fingerprint density at radius 1 is 1.04 bits per heavy atom. The molecule has 0 atom stereocenters. The van der Waals surface area contributed by atoms with Crippen LogP contribution in [0.2, 0.25) is 0 Å². The maximum Gasteiger partial charge on any atom is 0.306 e. The van der Waals surface area contributed by atoms with Gasteiger partial charge >= 0.3 is 5.97 Å². The van der Waals surface area contributed by atoms with E-state index in [2.05, 4.69) is 4.98 Å². The molecule has 3 rings (SSSR count). The minimum Gasteiger partial charge on any atom is -0.459 e. The van der Waals surface area contributed by atoms with Crippen LogP contribution in [0.3, 0.4) is 0 Å². The number of thiophene rings is 1. The molecule has 3 aromatic rings. The number of esters is 1. The largest absolute Gasteiger partial charge is 0.459 e. The fourth-order valence-electron chi connectivity index (χ4n) is 2.35. The highest BCUT2D eigenvalue weighted by molar-refractivity contribution is 7.14. The molecule has 0 aliphatic rings. The molecule has 0 aliphatic heterocycles. The standard InChI is InChI=1S/C20H19NO3S2/c1-13-3-6-15(7-4-13)20-21-16(12-25-20)11-24-19(23)10-8-17(22)18-9-5-14(2)26-18/h3-7,9,12H,8,10-11H2,1-2H3. The van der Waals surface area contributed by atoms with E-state index in [-0.39, 0.29) is 31.2 Å². The molecule has 0 amide bonds. The highest BCUT2D eigenvalue weighted by Gasteiger charge is 2.13. The van der Waals surface area contributed by atoms with Gasteiger partial charge in [-0.25, -0.2) is 4.98 Å². The summed E-state index contributed by atoms with van der Waals surface area (Å²) in [4.78, 5) is 30.2. The maximum absolute atomic E-state index is 12.0. The molecule has 0 radical (unpaired) electrons. The number of hydrogen-bond acceptors (Lipinski definition) is 6. The number of benzene rings is 1. The Hall–Kier alpha value is -2.31. The summed E-state index contributed by atoms with van der Waals surface area (Å²) < 4.78 is 5.24. The van der Waals surface area contributed by atoms with Gasteiger partial charge in [-0.05, 0) is 26.0 Å². The molecular weight excluding hydrogens is 366 g/mol. The molecule has 0 spiro atoms. The fraction of sp³-hybridized carbons (Fsp3) is 0.250. The second kappa shape index (κ2) is 8.38. The lowest BCUT2D eigenvalue weighted by atomic mass is 10.2. The van der Waals surface area contributed by atoms with Crippen molar-refractivity contribution in [2.24, 2.45) is 0 Å².